The lowest BCUT2D eigenvalue weighted by molar-refractivity contribution is -0.222. The number of aliphatic hydroxyl groups is 1. The molecule has 4 N–H and O–H groups in total. The zero-order chi connectivity index (χ0) is 11.4. The van der Waals surface area contributed by atoms with Crippen LogP contribution in [-0.4, -0.2) is 49.2 Å². The molecule has 0 unspecified atom stereocenters. The van der Waals surface area contributed by atoms with E-state index in [4.69, 9.17) is 15.2 Å². The summed E-state index contributed by atoms with van der Waals surface area (Å²) in [6.07, 6.45) is -1.26. The highest BCUT2D eigenvalue weighted by Gasteiger charge is 2.36. The average molecular weight is 218 g/mol. The summed E-state index contributed by atoms with van der Waals surface area (Å²) in [5.41, 5.74) is 5.43. The number of nitrogens with one attached hydrogen (secondary N) is 1. The first-order valence-electron chi connectivity index (χ1n) is 4.92. The lowest BCUT2D eigenvalue weighted by atomic mass is 10.0. The molecule has 1 fully saturated rings. The molecule has 0 aromatic carbocycles. The summed E-state index contributed by atoms with van der Waals surface area (Å²) in [6, 6.07) is -0.328. The Kier molecular flexibility index (Phi) is 4.46. The van der Waals surface area contributed by atoms with Crippen molar-refractivity contribution in [1.82, 2.24) is 5.32 Å². The fourth-order valence-corrected chi connectivity index (χ4v) is 1.70. The maximum atomic E-state index is 10.9. The van der Waals surface area contributed by atoms with Crippen molar-refractivity contribution in [2.24, 2.45) is 5.73 Å². The number of nitrogens with two attached hydrogens (primary N) is 1. The standard InChI is InChI=1S/C9H18N2O4/c1-5(12)11-6-3-7(13)8(4-10)15-9(6)14-2/h6-9,13H,3-4,10H2,1-2H3,(H,11,12)/t6-,7+,8-,9+/m1/s1. The Morgan fingerprint density at radius 3 is 2.87 bits per heavy atom. The number of rotatable bonds is 3. The number of hydrogen-bond acceptors (Lipinski definition) is 5. The smallest absolute Gasteiger partial charge is 0.217 e. The largest absolute Gasteiger partial charge is 0.390 e. The van der Waals surface area contributed by atoms with E-state index < -0.39 is 18.5 Å². The van der Waals surface area contributed by atoms with Gasteiger partial charge in [0.2, 0.25) is 5.91 Å². The molecule has 88 valence electrons. The Hall–Kier alpha value is -0.690. The third-order valence-electron chi connectivity index (χ3n) is 2.42. The summed E-state index contributed by atoms with van der Waals surface area (Å²) in [6.45, 7) is 1.64. The number of methoxy groups -OCH3 is 1. The van der Waals surface area contributed by atoms with Crippen LogP contribution in [0, 0.1) is 0 Å². The first kappa shape index (κ1) is 12.4. The van der Waals surface area contributed by atoms with Gasteiger partial charge < -0.3 is 25.6 Å². The highest BCUT2D eigenvalue weighted by atomic mass is 16.7. The van der Waals surface area contributed by atoms with Gasteiger partial charge in [-0.05, 0) is 0 Å². The van der Waals surface area contributed by atoms with E-state index in [1.807, 2.05) is 0 Å². The molecule has 6 nitrogen and oxygen atoms in total. The Labute approximate surface area is 88.7 Å². The van der Waals surface area contributed by atoms with E-state index >= 15 is 0 Å². The van der Waals surface area contributed by atoms with E-state index in [1.54, 1.807) is 0 Å². The van der Waals surface area contributed by atoms with Crippen LogP contribution in [0.1, 0.15) is 13.3 Å². The van der Waals surface area contributed by atoms with Gasteiger partial charge >= 0.3 is 0 Å². The van der Waals surface area contributed by atoms with E-state index in [1.165, 1.54) is 14.0 Å². The van der Waals surface area contributed by atoms with Gasteiger partial charge in [-0.1, -0.05) is 0 Å². The molecule has 15 heavy (non-hydrogen) atoms. The van der Waals surface area contributed by atoms with Crippen LogP contribution >= 0.6 is 0 Å². The average Bonchev–Trinajstić information content (AvgIpc) is 2.17. The number of aliphatic hydroxyl groups excluding tert-OH is 1. The van der Waals surface area contributed by atoms with Crippen molar-refractivity contribution in [3.05, 3.63) is 0 Å². The minimum Gasteiger partial charge on any atom is -0.390 e. The van der Waals surface area contributed by atoms with Crippen LogP contribution < -0.4 is 11.1 Å². The SMILES string of the molecule is CO[C@H]1O[C@H](CN)[C@@H](O)C[C@H]1NC(C)=O. The number of amides is 1. The second-order valence-corrected chi connectivity index (χ2v) is 3.62. The normalized spacial score (nSPS) is 36.3. The van der Waals surface area contributed by atoms with Crippen LogP contribution in [0.15, 0.2) is 0 Å². The van der Waals surface area contributed by atoms with E-state index in [2.05, 4.69) is 5.32 Å². The Morgan fingerprint density at radius 2 is 2.40 bits per heavy atom. The highest BCUT2D eigenvalue weighted by molar-refractivity contribution is 5.73. The highest BCUT2D eigenvalue weighted by Crippen LogP contribution is 2.20. The monoisotopic (exact) mass is 218 g/mol. The predicted molar refractivity (Wildman–Crippen MR) is 53.0 cm³/mol. The van der Waals surface area contributed by atoms with Crippen LogP contribution in [0.4, 0.5) is 0 Å². The predicted octanol–water partition coefficient (Wildman–Crippen LogP) is -1.43. The third-order valence-corrected chi connectivity index (χ3v) is 2.42. The van der Waals surface area contributed by atoms with Crippen molar-refractivity contribution in [3.8, 4) is 0 Å². The Morgan fingerprint density at radius 1 is 1.73 bits per heavy atom. The number of hydrogen-bond donors (Lipinski definition) is 3. The van der Waals surface area contributed by atoms with Crippen molar-refractivity contribution in [2.75, 3.05) is 13.7 Å². The molecule has 0 spiro atoms. The van der Waals surface area contributed by atoms with Crippen molar-refractivity contribution < 1.29 is 19.4 Å². The molecule has 4 atom stereocenters. The molecule has 0 saturated carbocycles. The van der Waals surface area contributed by atoms with E-state index in [-0.39, 0.29) is 18.5 Å². The minimum atomic E-state index is -0.668. The van der Waals surface area contributed by atoms with Gasteiger partial charge in [0.25, 0.3) is 0 Å². The van der Waals surface area contributed by atoms with Crippen molar-refractivity contribution in [3.63, 3.8) is 0 Å². The lowest BCUT2D eigenvalue weighted by Gasteiger charge is -2.38. The van der Waals surface area contributed by atoms with Crippen LogP contribution in [0.2, 0.25) is 0 Å². The van der Waals surface area contributed by atoms with Crippen LogP contribution in [0.25, 0.3) is 0 Å². The molecule has 1 heterocycles. The van der Waals surface area contributed by atoms with Crippen molar-refractivity contribution >= 4 is 5.91 Å². The summed E-state index contributed by atoms with van der Waals surface area (Å²) in [5.74, 6) is -0.177. The fourth-order valence-electron chi connectivity index (χ4n) is 1.70. The molecule has 0 bridgehead atoms. The Bertz CT molecular complexity index is 224. The third kappa shape index (κ3) is 3.13. The van der Waals surface area contributed by atoms with Gasteiger partial charge in [-0.3, -0.25) is 4.79 Å². The lowest BCUT2D eigenvalue weighted by Crippen LogP contribution is -2.56. The quantitative estimate of drug-likeness (QED) is 0.540. The van der Waals surface area contributed by atoms with E-state index in [0.717, 1.165) is 0 Å². The van der Waals surface area contributed by atoms with Crippen LogP contribution in [0.5, 0.6) is 0 Å². The van der Waals surface area contributed by atoms with Gasteiger partial charge in [0.05, 0.1) is 18.2 Å². The summed E-state index contributed by atoms with van der Waals surface area (Å²) >= 11 is 0. The topological polar surface area (TPSA) is 93.8 Å². The maximum Gasteiger partial charge on any atom is 0.217 e. The van der Waals surface area contributed by atoms with E-state index in [0.29, 0.717) is 6.42 Å². The first-order chi connectivity index (χ1) is 7.08. The zero-order valence-electron chi connectivity index (χ0n) is 8.97. The van der Waals surface area contributed by atoms with Gasteiger partial charge in [-0.15, -0.1) is 0 Å². The van der Waals surface area contributed by atoms with Crippen molar-refractivity contribution in [1.29, 1.82) is 0 Å². The maximum absolute atomic E-state index is 10.9. The molecule has 0 radical (unpaired) electrons. The second kappa shape index (κ2) is 5.41. The van der Waals surface area contributed by atoms with Gasteiger partial charge in [-0.25, -0.2) is 0 Å². The number of ether oxygens (including phenoxy) is 2. The van der Waals surface area contributed by atoms with E-state index in [9.17, 15) is 9.90 Å². The first-order valence-corrected chi connectivity index (χ1v) is 4.92. The molecule has 0 aromatic rings. The molecule has 6 heteroatoms. The molecule has 1 amide bonds. The van der Waals surface area contributed by atoms with Gasteiger partial charge in [-0.2, -0.15) is 0 Å². The van der Waals surface area contributed by atoms with Gasteiger partial charge in [0.1, 0.15) is 0 Å². The van der Waals surface area contributed by atoms with Crippen molar-refractivity contribution in [2.45, 2.75) is 37.9 Å². The fraction of sp³-hybridized carbons (Fsp3) is 0.889. The Balaban J connectivity index is 2.60. The summed E-state index contributed by atoms with van der Waals surface area (Å²) in [7, 11) is 1.49. The minimum absolute atomic E-state index is 0.177. The molecule has 1 aliphatic rings. The molecule has 0 aliphatic carbocycles. The van der Waals surface area contributed by atoms with Crippen LogP contribution in [0.3, 0.4) is 0 Å². The zero-order valence-corrected chi connectivity index (χ0v) is 8.97. The molecule has 0 aromatic heterocycles. The second-order valence-electron chi connectivity index (χ2n) is 3.62. The molecule has 1 aliphatic heterocycles. The van der Waals surface area contributed by atoms with Gasteiger partial charge in [0.15, 0.2) is 6.29 Å². The molecular weight excluding hydrogens is 200 g/mol. The summed E-state index contributed by atoms with van der Waals surface area (Å²) in [5, 5.41) is 12.3. The molecule has 1 saturated heterocycles. The summed E-state index contributed by atoms with van der Waals surface area (Å²) < 4.78 is 10.5. The molecular formula is C9H18N2O4. The number of carbonyl (C=O) groups is 1. The molecule has 1 rings (SSSR count). The van der Waals surface area contributed by atoms with Crippen LogP contribution in [-0.2, 0) is 14.3 Å². The summed E-state index contributed by atoms with van der Waals surface area (Å²) in [4.78, 5) is 10.9. The number of carbonyl (C=O) groups excluding carboxylic acids is 1. The van der Waals surface area contributed by atoms with Gasteiger partial charge in [0, 0.05) is 27.0 Å².